The molecule has 4 aromatic rings. The number of nitrogens with zero attached hydrogens (tertiary/aromatic N) is 4. The van der Waals surface area contributed by atoms with E-state index in [1.54, 1.807) is 48.8 Å². The number of ether oxygens (including phenoxy) is 1. The second-order valence-electron chi connectivity index (χ2n) is 6.77. The Kier molecular flexibility index (Phi) is 7.01. The highest BCUT2D eigenvalue weighted by molar-refractivity contribution is 7.99. The van der Waals surface area contributed by atoms with Gasteiger partial charge in [-0.15, -0.1) is 10.2 Å². The molecule has 0 fully saturated rings. The molecule has 0 saturated carbocycles. The van der Waals surface area contributed by atoms with Crippen LogP contribution >= 0.6 is 23.4 Å². The van der Waals surface area contributed by atoms with E-state index in [1.807, 2.05) is 28.8 Å². The molecular formula is C23H18ClN5O3S. The number of methoxy groups -OCH3 is 1. The van der Waals surface area contributed by atoms with Gasteiger partial charge in [0.15, 0.2) is 11.0 Å². The van der Waals surface area contributed by atoms with E-state index in [-0.39, 0.29) is 11.7 Å². The SMILES string of the molecule is COC(=O)c1ccc(NC(=O)CSc2nnc(-c3cccnc3)n2-c2ccc(Cl)cc2)cc1. The summed E-state index contributed by atoms with van der Waals surface area (Å²) in [7, 11) is 1.32. The number of carbonyl (C=O) groups excluding carboxylic acids is 2. The topological polar surface area (TPSA) is 99.0 Å². The Hall–Kier alpha value is -3.69. The lowest BCUT2D eigenvalue weighted by molar-refractivity contribution is -0.113. The van der Waals surface area contributed by atoms with Gasteiger partial charge in [0.05, 0.1) is 18.4 Å². The number of benzene rings is 2. The second-order valence-corrected chi connectivity index (χ2v) is 8.14. The van der Waals surface area contributed by atoms with Gasteiger partial charge in [0.25, 0.3) is 0 Å². The number of halogens is 1. The minimum absolute atomic E-state index is 0.109. The molecule has 0 spiro atoms. The molecule has 166 valence electrons. The first-order chi connectivity index (χ1) is 16.0. The quantitative estimate of drug-likeness (QED) is 0.307. The van der Waals surface area contributed by atoms with Crippen molar-refractivity contribution in [2.24, 2.45) is 0 Å². The van der Waals surface area contributed by atoms with Crippen LogP contribution in [0.4, 0.5) is 5.69 Å². The summed E-state index contributed by atoms with van der Waals surface area (Å²) in [6.45, 7) is 0. The van der Waals surface area contributed by atoms with Gasteiger partial charge in [-0.25, -0.2) is 4.79 Å². The van der Waals surface area contributed by atoms with Gasteiger partial charge in [0.1, 0.15) is 0 Å². The predicted molar refractivity (Wildman–Crippen MR) is 127 cm³/mol. The largest absolute Gasteiger partial charge is 0.465 e. The van der Waals surface area contributed by atoms with Crippen molar-refractivity contribution in [1.29, 1.82) is 0 Å². The number of hydrogen-bond acceptors (Lipinski definition) is 7. The summed E-state index contributed by atoms with van der Waals surface area (Å²) in [5.74, 6) is 0.0536. The van der Waals surface area contributed by atoms with E-state index < -0.39 is 5.97 Å². The lowest BCUT2D eigenvalue weighted by Crippen LogP contribution is -2.14. The molecule has 2 aromatic carbocycles. The molecule has 2 aromatic heterocycles. The maximum absolute atomic E-state index is 12.5. The number of pyridine rings is 1. The Balaban J connectivity index is 1.52. The van der Waals surface area contributed by atoms with Crippen LogP contribution in [0.1, 0.15) is 10.4 Å². The first-order valence-corrected chi connectivity index (χ1v) is 11.1. The normalized spacial score (nSPS) is 10.6. The summed E-state index contributed by atoms with van der Waals surface area (Å²) < 4.78 is 6.53. The number of thioether (sulfide) groups is 1. The number of nitrogens with one attached hydrogen (secondary N) is 1. The summed E-state index contributed by atoms with van der Waals surface area (Å²) in [5.41, 5.74) is 2.58. The van der Waals surface area contributed by atoms with Gasteiger partial charge in [0.2, 0.25) is 5.91 Å². The van der Waals surface area contributed by atoms with Gasteiger partial charge in [-0.3, -0.25) is 14.3 Å². The third-order valence-corrected chi connectivity index (χ3v) is 5.74. The number of hydrogen-bond donors (Lipinski definition) is 1. The number of amides is 1. The summed E-state index contributed by atoms with van der Waals surface area (Å²) in [6.07, 6.45) is 3.39. The van der Waals surface area contributed by atoms with E-state index in [0.717, 1.165) is 11.3 Å². The summed E-state index contributed by atoms with van der Waals surface area (Å²) >= 11 is 7.30. The molecule has 0 bridgehead atoms. The van der Waals surface area contributed by atoms with Crippen LogP contribution < -0.4 is 5.32 Å². The second kappa shape index (κ2) is 10.3. The average Bonchev–Trinajstić information content (AvgIpc) is 3.28. The van der Waals surface area contributed by atoms with Gasteiger partial charge >= 0.3 is 5.97 Å². The van der Waals surface area contributed by atoms with Crippen molar-refractivity contribution in [3.63, 3.8) is 0 Å². The van der Waals surface area contributed by atoms with E-state index in [0.29, 0.717) is 27.3 Å². The minimum atomic E-state index is -0.436. The summed E-state index contributed by atoms with van der Waals surface area (Å²) in [6, 6.07) is 17.5. The zero-order valence-corrected chi connectivity index (χ0v) is 19.0. The smallest absolute Gasteiger partial charge is 0.337 e. The fourth-order valence-electron chi connectivity index (χ4n) is 3.00. The molecule has 0 unspecified atom stereocenters. The monoisotopic (exact) mass is 479 g/mol. The first-order valence-electron chi connectivity index (χ1n) is 9.78. The van der Waals surface area contributed by atoms with Crippen molar-refractivity contribution in [1.82, 2.24) is 19.7 Å². The van der Waals surface area contributed by atoms with Crippen LogP contribution in [0.5, 0.6) is 0 Å². The van der Waals surface area contributed by atoms with Crippen LogP contribution in [0.3, 0.4) is 0 Å². The molecule has 2 heterocycles. The van der Waals surface area contributed by atoms with Crippen LogP contribution in [0.2, 0.25) is 5.02 Å². The van der Waals surface area contributed by atoms with Gasteiger partial charge in [-0.1, -0.05) is 23.4 Å². The van der Waals surface area contributed by atoms with Gasteiger partial charge in [0, 0.05) is 34.4 Å². The number of carbonyl (C=O) groups is 2. The van der Waals surface area contributed by atoms with Crippen molar-refractivity contribution in [2.75, 3.05) is 18.2 Å². The molecule has 10 heteroatoms. The molecule has 0 aliphatic heterocycles. The highest BCUT2D eigenvalue weighted by Gasteiger charge is 2.17. The Bertz CT molecular complexity index is 1260. The Labute approximate surface area is 199 Å². The minimum Gasteiger partial charge on any atom is -0.465 e. The van der Waals surface area contributed by atoms with Crippen LogP contribution in [0.25, 0.3) is 17.1 Å². The molecule has 0 atom stereocenters. The van der Waals surface area contributed by atoms with E-state index in [2.05, 4.69) is 25.2 Å². The van der Waals surface area contributed by atoms with Crippen molar-refractivity contribution in [3.05, 3.63) is 83.6 Å². The van der Waals surface area contributed by atoms with Crippen LogP contribution in [0, 0.1) is 0 Å². The molecule has 0 saturated heterocycles. The fourth-order valence-corrected chi connectivity index (χ4v) is 3.88. The van der Waals surface area contributed by atoms with E-state index in [1.165, 1.54) is 18.9 Å². The lowest BCUT2D eigenvalue weighted by Gasteiger charge is -2.10. The number of rotatable bonds is 7. The zero-order chi connectivity index (χ0) is 23.2. The van der Waals surface area contributed by atoms with Crippen molar-refractivity contribution >= 4 is 40.9 Å². The Morgan fingerprint density at radius 3 is 2.48 bits per heavy atom. The summed E-state index contributed by atoms with van der Waals surface area (Å²) in [4.78, 5) is 28.2. The molecule has 0 radical (unpaired) electrons. The molecule has 1 amide bonds. The van der Waals surface area contributed by atoms with E-state index in [4.69, 9.17) is 11.6 Å². The Morgan fingerprint density at radius 1 is 1.06 bits per heavy atom. The van der Waals surface area contributed by atoms with Gasteiger partial charge in [-0.2, -0.15) is 0 Å². The highest BCUT2D eigenvalue weighted by atomic mass is 35.5. The average molecular weight is 480 g/mol. The number of aromatic nitrogens is 4. The molecule has 4 rings (SSSR count). The predicted octanol–water partition coefficient (Wildman–Crippen LogP) is 4.50. The standard InChI is InChI=1S/C23H18ClN5O3S/c1-32-22(31)15-4-8-18(9-5-15)26-20(30)14-33-23-28-27-21(16-3-2-12-25-13-16)29(23)19-10-6-17(24)7-11-19/h2-13H,14H2,1H3,(H,26,30). The van der Waals surface area contributed by atoms with Crippen molar-refractivity contribution in [2.45, 2.75) is 5.16 Å². The highest BCUT2D eigenvalue weighted by Crippen LogP contribution is 2.28. The maximum Gasteiger partial charge on any atom is 0.337 e. The van der Waals surface area contributed by atoms with Crippen LogP contribution in [-0.2, 0) is 9.53 Å². The molecule has 0 aliphatic rings. The lowest BCUT2D eigenvalue weighted by atomic mass is 10.2. The van der Waals surface area contributed by atoms with Crippen LogP contribution in [0.15, 0.2) is 78.2 Å². The molecular weight excluding hydrogens is 462 g/mol. The molecule has 0 aliphatic carbocycles. The fraction of sp³-hybridized carbons (Fsp3) is 0.0870. The Morgan fingerprint density at radius 2 is 1.82 bits per heavy atom. The van der Waals surface area contributed by atoms with Gasteiger partial charge < -0.3 is 10.1 Å². The van der Waals surface area contributed by atoms with Gasteiger partial charge in [-0.05, 0) is 60.7 Å². The summed E-state index contributed by atoms with van der Waals surface area (Å²) in [5, 5.41) is 12.6. The number of esters is 1. The van der Waals surface area contributed by atoms with Crippen molar-refractivity contribution < 1.29 is 14.3 Å². The third kappa shape index (κ3) is 5.39. The van der Waals surface area contributed by atoms with E-state index >= 15 is 0 Å². The first kappa shape index (κ1) is 22.5. The molecule has 33 heavy (non-hydrogen) atoms. The van der Waals surface area contributed by atoms with Crippen molar-refractivity contribution in [3.8, 4) is 17.1 Å². The zero-order valence-electron chi connectivity index (χ0n) is 17.4. The molecule has 8 nitrogen and oxygen atoms in total. The molecule has 1 N–H and O–H groups in total. The third-order valence-electron chi connectivity index (χ3n) is 4.56. The van der Waals surface area contributed by atoms with E-state index in [9.17, 15) is 9.59 Å². The van der Waals surface area contributed by atoms with Crippen LogP contribution in [-0.4, -0.2) is 44.5 Å². The maximum atomic E-state index is 12.5. The number of anilines is 1.